The maximum Gasteiger partial charge on any atom is 0.0804 e. The van der Waals surface area contributed by atoms with Gasteiger partial charge in [-0.3, -0.25) is 0 Å². The molecular formula is C21H36O3. The third kappa shape index (κ3) is 2.34. The van der Waals surface area contributed by atoms with Gasteiger partial charge in [0.25, 0.3) is 0 Å². The number of hydrogen-bond acceptors (Lipinski definition) is 3. The first kappa shape index (κ1) is 17.3. The van der Waals surface area contributed by atoms with Gasteiger partial charge in [-0.1, -0.05) is 13.8 Å². The van der Waals surface area contributed by atoms with E-state index in [2.05, 4.69) is 13.8 Å². The average molecular weight is 337 g/mol. The van der Waals surface area contributed by atoms with Crippen LogP contribution in [0.1, 0.15) is 71.6 Å². The Hall–Kier alpha value is -0.120. The van der Waals surface area contributed by atoms with Crippen molar-refractivity contribution in [3.05, 3.63) is 0 Å². The van der Waals surface area contributed by atoms with E-state index in [1.54, 1.807) is 0 Å². The van der Waals surface area contributed by atoms with Gasteiger partial charge in [0.2, 0.25) is 0 Å². The summed E-state index contributed by atoms with van der Waals surface area (Å²) in [5.41, 5.74) is 0.651. The fourth-order valence-corrected chi connectivity index (χ4v) is 8.04. The molecule has 0 aromatic heterocycles. The minimum atomic E-state index is -0.534. The standard InChI is InChI=1S/C21H36O3/c1-20-9-7-14(23)11-13(20)3-4-15-16-5-6-18(19(24)12-22)21(16,2)10-8-17(15)20/h13-19,22-24H,3-12H2,1-2H3/t13?,14-,15-,16-,17-,18+,19+,20-,21-/m0/s1. The molecule has 4 aliphatic carbocycles. The lowest BCUT2D eigenvalue weighted by atomic mass is 9.44. The second-order valence-electron chi connectivity index (χ2n) is 10.1. The van der Waals surface area contributed by atoms with Crippen molar-refractivity contribution < 1.29 is 15.3 Å². The second-order valence-corrected chi connectivity index (χ2v) is 10.1. The highest BCUT2D eigenvalue weighted by atomic mass is 16.3. The Balaban J connectivity index is 1.59. The predicted molar refractivity (Wildman–Crippen MR) is 94.3 cm³/mol. The van der Waals surface area contributed by atoms with Crippen molar-refractivity contribution in [1.29, 1.82) is 0 Å². The van der Waals surface area contributed by atoms with Crippen LogP contribution in [0.4, 0.5) is 0 Å². The van der Waals surface area contributed by atoms with Crippen molar-refractivity contribution in [3.8, 4) is 0 Å². The zero-order valence-electron chi connectivity index (χ0n) is 15.5. The van der Waals surface area contributed by atoms with Crippen LogP contribution < -0.4 is 0 Å². The summed E-state index contributed by atoms with van der Waals surface area (Å²) in [6.07, 6.45) is 10.0. The van der Waals surface area contributed by atoms with E-state index in [1.165, 1.54) is 38.5 Å². The Kier molecular flexibility index (Phi) is 4.29. The van der Waals surface area contributed by atoms with Crippen LogP contribution in [0.3, 0.4) is 0 Å². The van der Waals surface area contributed by atoms with Gasteiger partial charge in [0, 0.05) is 0 Å². The molecule has 0 aromatic carbocycles. The molecule has 9 atom stereocenters. The third-order valence-electron chi connectivity index (χ3n) is 9.36. The molecule has 4 saturated carbocycles. The van der Waals surface area contributed by atoms with Gasteiger partial charge >= 0.3 is 0 Å². The van der Waals surface area contributed by atoms with Crippen LogP contribution in [0.15, 0.2) is 0 Å². The first-order valence-electron chi connectivity index (χ1n) is 10.4. The summed E-state index contributed by atoms with van der Waals surface area (Å²) in [6.45, 7) is 4.85. The van der Waals surface area contributed by atoms with Gasteiger partial charge in [0.1, 0.15) is 0 Å². The van der Waals surface area contributed by atoms with Gasteiger partial charge in [-0.05, 0) is 98.2 Å². The van der Waals surface area contributed by atoms with Crippen LogP contribution in [0, 0.1) is 40.4 Å². The van der Waals surface area contributed by atoms with Gasteiger partial charge in [-0.15, -0.1) is 0 Å². The maximum absolute atomic E-state index is 10.3. The van der Waals surface area contributed by atoms with Crippen molar-refractivity contribution in [2.45, 2.75) is 83.8 Å². The normalized spacial score (nSPS) is 55.4. The summed E-state index contributed by atoms with van der Waals surface area (Å²) in [4.78, 5) is 0. The third-order valence-corrected chi connectivity index (χ3v) is 9.36. The fourth-order valence-electron chi connectivity index (χ4n) is 8.04. The minimum absolute atomic E-state index is 0.0657. The molecule has 0 spiro atoms. The lowest BCUT2D eigenvalue weighted by Gasteiger charge is -2.61. The highest BCUT2D eigenvalue weighted by Crippen LogP contribution is 2.67. The number of aliphatic hydroxyl groups excluding tert-OH is 3. The van der Waals surface area contributed by atoms with Crippen molar-refractivity contribution in [3.63, 3.8) is 0 Å². The molecule has 4 aliphatic rings. The molecule has 4 fully saturated rings. The molecule has 0 heterocycles. The van der Waals surface area contributed by atoms with Gasteiger partial charge in [0.05, 0.1) is 18.8 Å². The smallest absolute Gasteiger partial charge is 0.0804 e. The Morgan fingerprint density at radius 3 is 2.38 bits per heavy atom. The molecule has 0 amide bonds. The van der Waals surface area contributed by atoms with E-state index in [4.69, 9.17) is 0 Å². The van der Waals surface area contributed by atoms with E-state index in [-0.39, 0.29) is 24.0 Å². The van der Waals surface area contributed by atoms with E-state index in [0.29, 0.717) is 11.3 Å². The highest BCUT2D eigenvalue weighted by molar-refractivity contribution is 5.10. The van der Waals surface area contributed by atoms with E-state index in [0.717, 1.165) is 37.0 Å². The predicted octanol–water partition coefficient (Wildman–Crippen LogP) is 3.36. The second kappa shape index (κ2) is 5.96. The topological polar surface area (TPSA) is 60.7 Å². The van der Waals surface area contributed by atoms with E-state index >= 15 is 0 Å². The van der Waals surface area contributed by atoms with Crippen LogP contribution in [-0.4, -0.2) is 34.1 Å². The summed E-state index contributed by atoms with van der Waals surface area (Å²) in [5.74, 6) is 3.34. The quantitative estimate of drug-likeness (QED) is 0.724. The molecule has 0 aliphatic heterocycles. The van der Waals surface area contributed by atoms with Gasteiger partial charge in [-0.2, -0.15) is 0 Å². The molecule has 3 nitrogen and oxygen atoms in total. The number of hydrogen-bond donors (Lipinski definition) is 3. The van der Waals surface area contributed by atoms with Crippen LogP contribution in [0.5, 0.6) is 0 Å². The number of aliphatic hydroxyl groups is 3. The molecule has 0 aromatic rings. The average Bonchev–Trinajstić information content (AvgIpc) is 2.92. The molecule has 0 saturated heterocycles. The van der Waals surface area contributed by atoms with E-state index < -0.39 is 6.10 Å². The van der Waals surface area contributed by atoms with Crippen LogP contribution in [0.25, 0.3) is 0 Å². The lowest BCUT2D eigenvalue weighted by Crippen LogP contribution is -2.54. The van der Waals surface area contributed by atoms with Gasteiger partial charge in [-0.25, -0.2) is 0 Å². The first-order chi connectivity index (χ1) is 11.4. The Labute approximate surface area is 146 Å². The van der Waals surface area contributed by atoms with Crippen LogP contribution in [-0.2, 0) is 0 Å². The minimum Gasteiger partial charge on any atom is -0.394 e. The molecule has 24 heavy (non-hydrogen) atoms. The highest BCUT2D eigenvalue weighted by Gasteiger charge is 2.60. The molecule has 0 radical (unpaired) electrons. The Morgan fingerprint density at radius 1 is 0.917 bits per heavy atom. The van der Waals surface area contributed by atoms with Gasteiger partial charge in [0.15, 0.2) is 0 Å². The van der Waals surface area contributed by atoms with Crippen molar-refractivity contribution >= 4 is 0 Å². The van der Waals surface area contributed by atoms with Crippen molar-refractivity contribution in [2.75, 3.05) is 6.61 Å². The van der Waals surface area contributed by atoms with E-state index in [9.17, 15) is 15.3 Å². The molecule has 138 valence electrons. The monoisotopic (exact) mass is 336 g/mol. The molecular weight excluding hydrogens is 300 g/mol. The summed E-state index contributed by atoms with van der Waals surface area (Å²) >= 11 is 0. The lowest BCUT2D eigenvalue weighted by molar-refractivity contribution is -0.134. The van der Waals surface area contributed by atoms with Crippen LogP contribution in [0.2, 0.25) is 0 Å². The molecule has 0 bridgehead atoms. The number of rotatable bonds is 2. The molecule has 3 N–H and O–H groups in total. The Bertz CT molecular complexity index is 480. The van der Waals surface area contributed by atoms with E-state index in [1.807, 2.05) is 0 Å². The van der Waals surface area contributed by atoms with Crippen molar-refractivity contribution in [1.82, 2.24) is 0 Å². The molecule has 1 unspecified atom stereocenters. The summed E-state index contributed by atoms with van der Waals surface area (Å²) in [6, 6.07) is 0. The van der Waals surface area contributed by atoms with Gasteiger partial charge < -0.3 is 15.3 Å². The maximum atomic E-state index is 10.3. The Morgan fingerprint density at radius 2 is 1.62 bits per heavy atom. The zero-order valence-corrected chi connectivity index (χ0v) is 15.5. The zero-order chi connectivity index (χ0) is 17.1. The van der Waals surface area contributed by atoms with Crippen LogP contribution >= 0.6 is 0 Å². The van der Waals surface area contributed by atoms with Crippen molar-refractivity contribution in [2.24, 2.45) is 40.4 Å². The SMILES string of the molecule is C[C@]12CC[C@H]3[C@@H](CCC4C[C@@H](O)CC[C@@]43C)[C@@H]1CC[C@@H]2[C@H](O)CO. The molecule has 4 rings (SSSR count). The summed E-state index contributed by atoms with van der Waals surface area (Å²) < 4.78 is 0. The largest absolute Gasteiger partial charge is 0.394 e. The number of fused-ring (bicyclic) bond motifs is 5. The first-order valence-corrected chi connectivity index (χ1v) is 10.4. The summed E-state index contributed by atoms with van der Waals surface area (Å²) in [5, 5.41) is 29.9. The molecule has 3 heteroatoms. The summed E-state index contributed by atoms with van der Waals surface area (Å²) in [7, 11) is 0. The fraction of sp³-hybridized carbons (Fsp3) is 1.00.